The normalized spacial score (nSPS) is 28.8. The fraction of sp³-hybridized carbons (Fsp3) is 0.618. The number of amides is 1. The number of allylic oxidation sites excluding steroid dienone is 3. The third kappa shape index (κ3) is 7.41. The van der Waals surface area contributed by atoms with Crippen LogP contribution in [0.15, 0.2) is 52.3 Å². The van der Waals surface area contributed by atoms with Gasteiger partial charge in [-0.2, -0.15) is 0 Å². The monoisotopic (exact) mass is 560 g/mol. The van der Waals surface area contributed by atoms with Crippen LogP contribution in [-0.4, -0.2) is 54.1 Å². The molecule has 1 aromatic carbocycles. The Bertz CT molecular complexity index is 1200. The van der Waals surface area contributed by atoms with Gasteiger partial charge in [0.05, 0.1) is 12.6 Å². The van der Waals surface area contributed by atoms with Crippen molar-refractivity contribution in [1.29, 1.82) is 0 Å². The molecule has 4 aliphatic rings. The number of hydrogen-bond acceptors (Lipinski definition) is 6. The summed E-state index contributed by atoms with van der Waals surface area (Å²) in [5.41, 5.74) is 11.1. The van der Waals surface area contributed by atoms with Crippen molar-refractivity contribution in [2.24, 2.45) is 28.5 Å². The van der Waals surface area contributed by atoms with E-state index in [1.807, 2.05) is 30.0 Å². The highest BCUT2D eigenvalue weighted by atomic mass is 16.5. The molecule has 2 atom stereocenters. The molecule has 1 heterocycles. The minimum Gasteiger partial charge on any atom is -0.490 e. The molecule has 0 unspecified atom stereocenters. The number of nitrogens with zero attached hydrogens (tertiary/aromatic N) is 2. The maximum absolute atomic E-state index is 13.3. The van der Waals surface area contributed by atoms with Gasteiger partial charge in [-0.3, -0.25) is 14.6 Å². The molecule has 0 bridgehead atoms. The van der Waals surface area contributed by atoms with Crippen LogP contribution in [0.3, 0.4) is 0 Å². The van der Waals surface area contributed by atoms with Crippen LogP contribution in [-0.2, 0) is 9.59 Å². The Hall–Kier alpha value is -3.09. The molecule has 222 valence electrons. The predicted molar refractivity (Wildman–Crippen MR) is 164 cm³/mol. The number of likely N-dealkylation sites (tertiary alicyclic amines) is 1. The van der Waals surface area contributed by atoms with Crippen LogP contribution in [0.25, 0.3) is 0 Å². The van der Waals surface area contributed by atoms with Crippen molar-refractivity contribution in [2.45, 2.75) is 97.1 Å². The van der Waals surface area contributed by atoms with Gasteiger partial charge in [-0.1, -0.05) is 24.3 Å². The van der Waals surface area contributed by atoms with Crippen LogP contribution >= 0.6 is 0 Å². The van der Waals surface area contributed by atoms with Gasteiger partial charge in [0, 0.05) is 42.5 Å². The van der Waals surface area contributed by atoms with Crippen LogP contribution in [0.5, 0.6) is 5.75 Å². The lowest BCUT2D eigenvalue weighted by molar-refractivity contribution is -0.128. The molecule has 7 heteroatoms. The number of aliphatic imine (C=N–C) groups is 1. The average Bonchev–Trinajstić information content (AvgIpc) is 3.65. The number of benzene rings is 1. The van der Waals surface area contributed by atoms with Gasteiger partial charge in [0.1, 0.15) is 11.4 Å². The lowest BCUT2D eigenvalue weighted by atomic mass is 9.84. The summed E-state index contributed by atoms with van der Waals surface area (Å²) < 4.78 is 6.24. The van der Waals surface area contributed by atoms with Gasteiger partial charge in [-0.05, 0) is 108 Å². The summed E-state index contributed by atoms with van der Waals surface area (Å²) in [5, 5.41) is 3.53. The number of hydrogen-bond donors (Lipinski definition) is 2. The molecule has 3 N–H and O–H groups in total. The maximum atomic E-state index is 13.3. The van der Waals surface area contributed by atoms with Crippen LogP contribution < -0.4 is 15.8 Å². The fourth-order valence-electron chi connectivity index (χ4n) is 6.86. The van der Waals surface area contributed by atoms with Crippen molar-refractivity contribution < 1.29 is 14.3 Å². The van der Waals surface area contributed by atoms with Gasteiger partial charge < -0.3 is 20.7 Å². The number of piperidine rings is 1. The van der Waals surface area contributed by atoms with Crippen molar-refractivity contribution in [3.8, 4) is 5.75 Å². The second kappa shape index (κ2) is 13.3. The molecule has 1 aromatic rings. The highest BCUT2D eigenvalue weighted by Crippen LogP contribution is 2.54. The second-order valence-corrected chi connectivity index (χ2v) is 12.7. The lowest BCUT2D eigenvalue weighted by Gasteiger charge is -2.33. The van der Waals surface area contributed by atoms with E-state index in [4.69, 9.17) is 15.5 Å². The third-order valence-corrected chi connectivity index (χ3v) is 9.69. The number of Topliss-reactive ketones (excluding diaryl/α,β-unsaturated/α-hetero) is 1. The molecule has 0 radical (unpaired) electrons. The Balaban J connectivity index is 1.08. The molecule has 1 saturated heterocycles. The van der Waals surface area contributed by atoms with E-state index in [9.17, 15) is 9.59 Å². The van der Waals surface area contributed by atoms with E-state index in [1.54, 1.807) is 0 Å². The zero-order chi connectivity index (χ0) is 28.9. The SMILES string of the molecule is C/C=C(\C)NC1CCN(C(=O)/C(N)=C2/C(=NCC(=O)CCC3CCC(Oc4ccccc4C)CC3)C[C@H]3C[C@@H]23)CC1. The van der Waals surface area contributed by atoms with Gasteiger partial charge in [-0.25, -0.2) is 0 Å². The zero-order valence-corrected chi connectivity index (χ0v) is 25.2. The summed E-state index contributed by atoms with van der Waals surface area (Å²) >= 11 is 0. The van der Waals surface area contributed by atoms with Gasteiger partial charge in [0.2, 0.25) is 0 Å². The fourth-order valence-corrected chi connectivity index (χ4v) is 6.86. The molecule has 1 amide bonds. The molecule has 41 heavy (non-hydrogen) atoms. The molecule has 3 aliphatic carbocycles. The minimum atomic E-state index is -0.0604. The second-order valence-electron chi connectivity index (χ2n) is 12.7. The minimum absolute atomic E-state index is 0.0604. The van der Waals surface area contributed by atoms with Crippen LogP contribution in [0.2, 0.25) is 0 Å². The van der Waals surface area contributed by atoms with Crippen molar-refractivity contribution in [1.82, 2.24) is 10.2 Å². The van der Waals surface area contributed by atoms with Crippen LogP contribution in [0.4, 0.5) is 0 Å². The Morgan fingerprint density at radius 2 is 1.85 bits per heavy atom. The largest absolute Gasteiger partial charge is 0.490 e. The Morgan fingerprint density at radius 1 is 1.12 bits per heavy atom. The van der Waals surface area contributed by atoms with E-state index >= 15 is 0 Å². The molecule has 0 spiro atoms. The number of carbonyl (C=O) groups is 2. The van der Waals surface area contributed by atoms with Gasteiger partial charge in [0.25, 0.3) is 5.91 Å². The highest BCUT2D eigenvalue weighted by molar-refractivity contribution is 6.11. The molecule has 1 aliphatic heterocycles. The van der Waals surface area contributed by atoms with E-state index in [-0.39, 0.29) is 24.3 Å². The number of carbonyl (C=O) groups excluding carboxylic acids is 2. The number of nitrogens with one attached hydrogen (secondary N) is 1. The van der Waals surface area contributed by atoms with E-state index in [2.05, 4.69) is 31.3 Å². The molecule has 7 nitrogen and oxygen atoms in total. The average molecular weight is 561 g/mol. The smallest absolute Gasteiger partial charge is 0.270 e. The quantitative estimate of drug-likeness (QED) is 0.370. The summed E-state index contributed by atoms with van der Waals surface area (Å²) in [5.74, 6) is 2.58. The molecule has 0 aromatic heterocycles. The molecular formula is C34H48N4O3. The number of nitrogens with two attached hydrogens (primary N) is 1. The van der Waals surface area contributed by atoms with E-state index in [0.717, 1.165) is 74.8 Å². The molecule has 5 rings (SSSR count). The summed E-state index contributed by atoms with van der Waals surface area (Å²) in [7, 11) is 0. The number of fused-ring (bicyclic) bond motifs is 1. The Kier molecular flexibility index (Phi) is 9.51. The molecule has 4 fully saturated rings. The first-order valence-electron chi connectivity index (χ1n) is 15.8. The summed E-state index contributed by atoms with van der Waals surface area (Å²) in [4.78, 5) is 32.8. The first kappa shape index (κ1) is 29.4. The standard InChI is InChI=1S/C34H48N4O3/c1-4-23(3)37-26-15-17-38(18-16-26)34(40)33(35)32-29-19-25(29)20-30(32)36-21-27(39)12-9-24-10-13-28(14-11-24)41-31-8-6-5-7-22(31)2/h4-8,24-26,28-29,37H,9-21,35H2,1-3H3/b23-4+,33-32-,36-30?/t24?,25-,28?,29-/m1/s1. The van der Waals surface area contributed by atoms with E-state index in [1.165, 1.54) is 11.3 Å². The summed E-state index contributed by atoms with van der Waals surface area (Å²) in [6.07, 6.45) is 11.9. The van der Waals surface area contributed by atoms with E-state index in [0.29, 0.717) is 49.0 Å². The Morgan fingerprint density at radius 3 is 2.56 bits per heavy atom. The zero-order valence-electron chi connectivity index (χ0n) is 25.2. The predicted octanol–water partition coefficient (Wildman–Crippen LogP) is 5.48. The molecular weight excluding hydrogens is 512 g/mol. The lowest BCUT2D eigenvalue weighted by Crippen LogP contribution is -2.46. The highest BCUT2D eigenvalue weighted by Gasteiger charge is 2.50. The number of aryl methyl sites for hydroxylation is 1. The van der Waals surface area contributed by atoms with Crippen molar-refractivity contribution in [3.05, 3.63) is 52.9 Å². The van der Waals surface area contributed by atoms with Gasteiger partial charge in [0.15, 0.2) is 5.78 Å². The van der Waals surface area contributed by atoms with Crippen LogP contribution in [0.1, 0.15) is 83.6 Å². The number of ether oxygens (including phenoxy) is 1. The summed E-state index contributed by atoms with van der Waals surface area (Å²) in [6, 6.07) is 8.60. The number of ketones is 1. The van der Waals surface area contributed by atoms with Gasteiger partial charge in [-0.15, -0.1) is 0 Å². The van der Waals surface area contributed by atoms with Crippen molar-refractivity contribution in [2.75, 3.05) is 19.6 Å². The number of para-hydroxylation sites is 1. The first-order valence-corrected chi connectivity index (χ1v) is 15.8. The Labute approximate surface area is 245 Å². The summed E-state index contributed by atoms with van der Waals surface area (Å²) in [6.45, 7) is 7.81. The van der Waals surface area contributed by atoms with Crippen molar-refractivity contribution in [3.63, 3.8) is 0 Å². The number of rotatable bonds is 10. The van der Waals surface area contributed by atoms with Crippen molar-refractivity contribution >= 4 is 17.4 Å². The first-order chi connectivity index (χ1) is 19.8. The van der Waals surface area contributed by atoms with Crippen LogP contribution in [0, 0.1) is 24.7 Å². The maximum Gasteiger partial charge on any atom is 0.270 e. The third-order valence-electron chi connectivity index (χ3n) is 9.69. The van der Waals surface area contributed by atoms with E-state index < -0.39 is 0 Å². The topological polar surface area (TPSA) is 97.0 Å². The molecule has 3 saturated carbocycles. The van der Waals surface area contributed by atoms with Gasteiger partial charge >= 0.3 is 0 Å².